The fourth-order valence-corrected chi connectivity index (χ4v) is 1.59. The first-order valence-electron chi connectivity index (χ1n) is 5.17. The molecule has 2 atom stereocenters. The van der Waals surface area contributed by atoms with Gasteiger partial charge in [0.25, 0.3) is 5.69 Å². The summed E-state index contributed by atoms with van der Waals surface area (Å²) < 4.78 is 38.3. The topological polar surface area (TPSA) is 81.2 Å². The van der Waals surface area contributed by atoms with E-state index in [0.717, 1.165) is 12.1 Å². The maximum Gasteiger partial charge on any atom is 0.418 e. The second kappa shape index (κ2) is 4.13. The van der Waals surface area contributed by atoms with Gasteiger partial charge in [-0.3, -0.25) is 10.1 Å². The molecule has 18 heavy (non-hydrogen) atoms. The van der Waals surface area contributed by atoms with Crippen LogP contribution in [0.1, 0.15) is 12.0 Å². The van der Waals surface area contributed by atoms with Gasteiger partial charge >= 0.3 is 6.18 Å². The lowest BCUT2D eigenvalue weighted by Crippen LogP contribution is -2.17. The number of hydrogen-bond donors (Lipinski definition) is 2. The number of nitro benzene ring substituents is 1. The van der Waals surface area contributed by atoms with Crippen LogP contribution >= 0.6 is 0 Å². The quantitative estimate of drug-likeness (QED) is 0.645. The van der Waals surface area contributed by atoms with Crippen molar-refractivity contribution in [3.05, 3.63) is 33.9 Å². The predicted octanol–water partition coefficient (Wildman–Crippen LogP) is 2.13. The molecule has 1 aliphatic rings. The van der Waals surface area contributed by atoms with Gasteiger partial charge in [0.2, 0.25) is 0 Å². The smallest absolute Gasteiger partial charge is 0.380 e. The van der Waals surface area contributed by atoms with E-state index < -0.39 is 22.4 Å². The predicted molar refractivity (Wildman–Crippen MR) is 58.1 cm³/mol. The van der Waals surface area contributed by atoms with E-state index in [1.807, 2.05) is 0 Å². The van der Waals surface area contributed by atoms with Crippen LogP contribution in [0.5, 0.6) is 0 Å². The largest absolute Gasteiger partial charge is 0.418 e. The maximum atomic E-state index is 12.8. The lowest BCUT2D eigenvalue weighted by Gasteiger charge is -2.14. The first-order chi connectivity index (χ1) is 8.29. The first kappa shape index (κ1) is 12.6. The fraction of sp³-hybridized carbons (Fsp3) is 0.400. The minimum absolute atomic E-state index is 0.165. The Morgan fingerprint density at radius 3 is 2.50 bits per heavy atom. The molecule has 1 fully saturated rings. The molecule has 2 rings (SSSR count). The fourth-order valence-electron chi connectivity index (χ4n) is 1.59. The van der Waals surface area contributed by atoms with Gasteiger partial charge in [0.1, 0.15) is 0 Å². The number of non-ortho nitro benzene ring substituents is 1. The molecular formula is C10H10F3N3O2. The van der Waals surface area contributed by atoms with Crippen LogP contribution in [0.15, 0.2) is 18.2 Å². The lowest BCUT2D eigenvalue weighted by molar-refractivity contribution is -0.385. The molecule has 98 valence electrons. The Hall–Kier alpha value is -1.83. The zero-order valence-corrected chi connectivity index (χ0v) is 9.07. The van der Waals surface area contributed by atoms with Crippen molar-refractivity contribution in [1.29, 1.82) is 0 Å². The number of nitro groups is 1. The van der Waals surface area contributed by atoms with E-state index in [0.29, 0.717) is 12.5 Å². The molecule has 0 radical (unpaired) electrons. The van der Waals surface area contributed by atoms with Crippen LogP contribution in [0.25, 0.3) is 0 Å². The third-order valence-corrected chi connectivity index (χ3v) is 2.70. The lowest BCUT2D eigenvalue weighted by atomic mass is 10.1. The van der Waals surface area contributed by atoms with E-state index in [-0.39, 0.29) is 17.8 Å². The highest BCUT2D eigenvalue weighted by atomic mass is 19.4. The summed E-state index contributed by atoms with van der Waals surface area (Å²) in [5, 5.41) is 13.1. The molecule has 1 aliphatic carbocycles. The van der Waals surface area contributed by atoms with Crippen LogP contribution in [0.3, 0.4) is 0 Å². The number of alkyl halides is 3. The molecule has 5 nitrogen and oxygen atoms in total. The van der Waals surface area contributed by atoms with Gasteiger partial charge in [-0.2, -0.15) is 13.2 Å². The Kier molecular flexibility index (Phi) is 2.89. The number of nitrogens with two attached hydrogens (primary N) is 1. The highest BCUT2D eigenvalue weighted by Gasteiger charge is 2.39. The SMILES string of the molecule is NC1CC1Nc1ccc([N+](=O)[O-])cc1C(F)(F)F. The number of hydrogen-bond acceptors (Lipinski definition) is 4. The van der Waals surface area contributed by atoms with Gasteiger partial charge in [0.05, 0.1) is 10.5 Å². The third kappa shape index (κ3) is 2.53. The zero-order valence-electron chi connectivity index (χ0n) is 9.07. The summed E-state index contributed by atoms with van der Waals surface area (Å²) in [6, 6.07) is 2.25. The molecule has 0 spiro atoms. The van der Waals surface area contributed by atoms with Crippen LogP contribution < -0.4 is 11.1 Å². The molecule has 8 heteroatoms. The van der Waals surface area contributed by atoms with Crippen molar-refractivity contribution in [3.63, 3.8) is 0 Å². The number of rotatable bonds is 3. The van der Waals surface area contributed by atoms with E-state index in [2.05, 4.69) is 5.32 Å². The van der Waals surface area contributed by atoms with Crippen molar-refractivity contribution < 1.29 is 18.1 Å². The molecule has 0 heterocycles. The highest BCUT2D eigenvalue weighted by Crippen LogP contribution is 2.38. The maximum absolute atomic E-state index is 12.8. The van der Waals surface area contributed by atoms with Gasteiger partial charge in [-0.15, -0.1) is 0 Å². The molecular weight excluding hydrogens is 251 g/mol. The zero-order chi connectivity index (χ0) is 13.5. The van der Waals surface area contributed by atoms with Crippen molar-refractivity contribution in [3.8, 4) is 0 Å². The van der Waals surface area contributed by atoms with E-state index in [9.17, 15) is 23.3 Å². The van der Waals surface area contributed by atoms with Crippen LogP contribution in [0.4, 0.5) is 24.5 Å². The number of benzene rings is 1. The molecule has 0 bridgehead atoms. The molecule has 2 unspecified atom stereocenters. The Bertz CT molecular complexity index is 490. The first-order valence-corrected chi connectivity index (χ1v) is 5.17. The number of nitrogens with zero attached hydrogens (tertiary/aromatic N) is 1. The molecule has 0 saturated heterocycles. The Morgan fingerprint density at radius 2 is 2.06 bits per heavy atom. The van der Waals surface area contributed by atoms with Gasteiger partial charge in [0.15, 0.2) is 0 Å². The summed E-state index contributed by atoms with van der Waals surface area (Å²) in [6.07, 6.45) is -4.05. The molecule has 1 saturated carbocycles. The molecule has 1 aromatic carbocycles. The average Bonchev–Trinajstić information content (AvgIpc) is 2.92. The van der Waals surface area contributed by atoms with Gasteiger partial charge in [-0.1, -0.05) is 0 Å². The van der Waals surface area contributed by atoms with E-state index in [1.54, 1.807) is 0 Å². The summed E-state index contributed by atoms with van der Waals surface area (Å²) in [7, 11) is 0. The van der Waals surface area contributed by atoms with Gasteiger partial charge < -0.3 is 11.1 Å². The van der Waals surface area contributed by atoms with E-state index >= 15 is 0 Å². The van der Waals surface area contributed by atoms with E-state index in [1.165, 1.54) is 0 Å². The molecule has 0 amide bonds. The summed E-state index contributed by atoms with van der Waals surface area (Å²) >= 11 is 0. The van der Waals surface area contributed by atoms with Crippen LogP contribution in [0.2, 0.25) is 0 Å². The van der Waals surface area contributed by atoms with Crippen molar-refractivity contribution in [2.24, 2.45) is 5.73 Å². The number of halogens is 3. The monoisotopic (exact) mass is 261 g/mol. The summed E-state index contributed by atoms with van der Waals surface area (Å²) in [5.74, 6) is 0. The second-order valence-electron chi connectivity index (χ2n) is 4.14. The Labute approximate surface area is 99.9 Å². The number of nitrogens with one attached hydrogen (secondary N) is 1. The minimum atomic E-state index is -4.65. The molecule has 0 aliphatic heterocycles. The third-order valence-electron chi connectivity index (χ3n) is 2.70. The standard InChI is InChI=1S/C10H10F3N3O2/c11-10(12,13)6-3-5(16(17)18)1-2-8(6)15-9-4-7(9)14/h1-3,7,9,15H,4,14H2. The summed E-state index contributed by atoms with van der Waals surface area (Å²) in [4.78, 5) is 9.62. The normalized spacial score (nSPS) is 22.7. The van der Waals surface area contributed by atoms with Crippen LogP contribution in [-0.2, 0) is 6.18 Å². The van der Waals surface area contributed by atoms with Gasteiger partial charge in [-0.05, 0) is 12.5 Å². The van der Waals surface area contributed by atoms with Crippen LogP contribution in [0, 0.1) is 10.1 Å². The Balaban J connectivity index is 2.35. The van der Waals surface area contributed by atoms with Crippen molar-refractivity contribution in [1.82, 2.24) is 0 Å². The molecule has 1 aromatic rings. The Morgan fingerprint density at radius 1 is 1.44 bits per heavy atom. The van der Waals surface area contributed by atoms with E-state index in [4.69, 9.17) is 5.73 Å². The van der Waals surface area contributed by atoms with Gasteiger partial charge in [-0.25, -0.2) is 0 Å². The molecule has 3 N–H and O–H groups in total. The van der Waals surface area contributed by atoms with Crippen LogP contribution in [-0.4, -0.2) is 17.0 Å². The van der Waals surface area contributed by atoms with Gasteiger partial charge in [0, 0.05) is 29.9 Å². The van der Waals surface area contributed by atoms with Crippen molar-refractivity contribution in [2.45, 2.75) is 24.7 Å². The highest BCUT2D eigenvalue weighted by molar-refractivity contribution is 5.58. The summed E-state index contributed by atoms with van der Waals surface area (Å²) in [5.41, 5.74) is 3.69. The number of anilines is 1. The van der Waals surface area contributed by atoms with Crippen molar-refractivity contribution >= 4 is 11.4 Å². The second-order valence-corrected chi connectivity index (χ2v) is 4.14. The average molecular weight is 261 g/mol. The summed E-state index contributed by atoms with van der Waals surface area (Å²) in [6.45, 7) is 0. The molecule has 0 aromatic heterocycles. The minimum Gasteiger partial charge on any atom is -0.380 e. The van der Waals surface area contributed by atoms with Crippen molar-refractivity contribution in [2.75, 3.05) is 5.32 Å².